The molecule has 1 atom stereocenters. The molecule has 1 aliphatic heterocycles. The quantitative estimate of drug-likeness (QED) is 0.595. The van der Waals surface area contributed by atoms with E-state index in [2.05, 4.69) is 19.2 Å². The number of imide groups is 1. The Morgan fingerprint density at radius 1 is 1.03 bits per heavy atom. The zero-order valence-corrected chi connectivity index (χ0v) is 17.8. The van der Waals surface area contributed by atoms with E-state index in [1.54, 1.807) is 6.92 Å². The van der Waals surface area contributed by atoms with Crippen molar-refractivity contribution in [2.75, 3.05) is 6.54 Å². The number of fused-ring (bicyclic) bond motifs is 1. The molecule has 3 amide bonds. The van der Waals surface area contributed by atoms with Crippen molar-refractivity contribution < 1.29 is 14.4 Å². The van der Waals surface area contributed by atoms with E-state index in [9.17, 15) is 14.4 Å². The SMILES string of the molecule is CC(C)c1ccc([C@]2(C)NC(=O)N(CC(=O)c3ccc4c(c3)CCCC4)C2=O)cc1. The molecule has 30 heavy (non-hydrogen) atoms. The maximum absolute atomic E-state index is 13.1. The topological polar surface area (TPSA) is 66.5 Å². The lowest BCUT2D eigenvalue weighted by Gasteiger charge is -2.23. The van der Waals surface area contributed by atoms with Gasteiger partial charge in [0.15, 0.2) is 5.78 Å². The second-order valence-corrected chi connectivity index (χ2v) is 8.84. The third kappa shape index (κ3) is 3.53. The number of urea groups is 1. The first kappa shape index (κ1) is 20.3. The van der Waals surface area contributed by atoms with Gasteiger partial charge in [-0.15, -0.1) is 0 Å². The van der Waals surface area contributed by atoms with Gasteiger partial charge in [0.2, 0.25) is 0 Å². The van der Waals surface area contributed by atoms with Crippen LogP contribution < -0.4 is 5.32 Å². The molecule has 5 heteroatoms. The van der Waals surface area contributed by atoms with Crippen molar-refractivity contribution in [2.24, 2.45) is 0 Å². The number of Topliss-reactive ketones (excluding diaryl/α,β-unsaturated/α-hetero) is 1. The van der Waals surface area contributed by atoms with E-state index in [4.69, 9.17) is 0 Å². The summed E-state index contributed by atoms with van der Waals surface area (Å²) < 4.78 is 0. The molecule has 2 aromatic carbocycles. The molecule has 4 rings (SSSR count). The van der Waals surface area contributed by atoms with Crippen LogP contribution in [-0.4, -0.2) is 29.2 Å². The average Bonchev–Trinajstić information content (AvgIpc) is 2.97. The first-order chi connectivity index (χ1) is 14.3. The maximum Gasteiger partial charge on any atom is 0.325 e. The second-order valence-electron chi connectivity index (χ2n) is 8.84. The van der Waals surface area contributed by atoms with E-state index in [1.807, 2.05) is 42.5 Å². The summed E-state index contributed by atoms with van der Waals surface area (Å²) in [5.74, 6) is -0.228. The van der Waals surface area contributed by atoms with Crippen molar-refractivity contribution in [3.05, 3.63) is 70.3 Å². The highest BCUT2D eigenvalue weighted by molar-refractivity contribution is 6.11. The molecule has 0 aromatic heterocycles. The fraction of sp³-hybridized carbons (Fsp3) is 0.400. The minimum atomic E-state index is -1.16. The fourth-order valence-electron chi connectivity index (χ4n) is 4.38. The first-order valence-corrected chi connectivity index (χ1v) is 10.7. The van der Waals surface area contributed by atoms with E-state index < -0.39 is 17.5 Å². The first-order valence-electron chi connectivity index (χ1n) is 10.7. The summed E-state index contributed by atoms with van der Waals surface area (Å²) in [5.41, 5.74) is 3.78. The molecule has 2 aromatic rings. The van der Waals surface area contributed by atoms with Crippen molar-refractivity contribution in [1.29, 1.82) is 0 Å². The number of carbonyl (C=O) groups is 3. The van der Waals surface area contributed by atoms with Gasteiger partial charge in [-0.1, -0.05) is 50.2 Å². The number of nitrogens with one attached hydrogen (secondary N) is 1. The van der Waals surface area contributed by atoms with Gasteiger partial charge in [0.05, 0.1) is 6.54 Å². The molecule has 1 N–H and O–H groups in total. The molecule has 0 unspecified atom stereocenters. The Bertz CT molecular complexity index is 1010. The maximum atomic E-state index is 13.1. The number of aryl methyl sites for hydroxylation is 2. The van der Waals surface area contributed by atoms with Gasteiger partial charge < -0.3 is 5.32 Å². The van der Waals surface area contributed by atoms with Gasteiger partial charge in [0.25, 0.3) is 5.91 Å². The minimum Gasteiger partial charge on any atom is -0.319 e. The fourth-order valence-corrected chi connectivity index (χ4v) is 4.38. The van der Waals surface area contributed by atoms with Crippen LogP contribution in [0, 0.1) is 0 Å². The predicted molar refractivity (Wildman–Crippen MR) is 116 cm³/mol. The third-order valence-corrected chi connectivity index (χ3v) is 6.40. The van der Waals surface area contributed by atoms with Gasteiger partial charge in [-0.05, 0) is 66.8 Å². The van der Waals surface area contributed by atoms with Crippen LogP contribution in [0.3, 0.4) is 0 Å². The van der Waals surface area contributed by atoms with Crippen LogP contribution in [0.15, 0.2) is 42.5 Å². The predicted octanol–water partition coefficient (Wildman–Crippen LogP) is 4.34. The van der Waals surface area contributed by atoms with Crippen molar-refractivity contribution in [2.45, 2.75) is 57.9 Å². The third-order valence-electron chi connectivity index (χ3n) is 6.40. The highest BCUT2D eigenvalue weighted by Crippen LogP contribution is 2.30. The molecular weight excluding hydrogens is 376 g/mol. The van der Waals surface area contributed by atoms with Crippen LogP contribution in [0.25, 0.3) is 0 Å². The summed E-state index contributed by atoms with van der Waals surface area (Å²) in [6, 6.07) is 12.9. The van der Waals surface area contributed by atoms with Crippen LogP contribution >= 0.6 is 0 Å². The molecule has 0 radical (unpaired) electrons. The summed E-state index contributed by atoms with van der Waals surface area (Å²) in [4.78, 5) is 39.6. The van der Waals surface area contributed by atoms with Gasteiger partial charge in [-0.3, -0.25) is 14.5 Å². The van der Waals surface area contributed by atoms with Gasteiger partial charge in [0, 0.05) is 5.56 Å². The van der Waals surface area contributed by atoms with Crippen LogP contribution in [0.4, 0.5) is 4.79 Å². The van der Waals surface area contributed by atoms with Crippen molar-refractivity contribution >= 4 is 17.7 Å². The van der Waals surface area contributed by atoms with Crippen LogP contribution in [0.5, 0.6) is 0 Å². The Morgan fingerprint density at radius 3 is 2.37 bits per heavy atom. The van der Waals surface area contributed by atoms with E-state index >= 15 is 0 Å². The van der Waals surface area contributed by atoms with E-state index in [0.717, 1.165) is 24.2 Å². The molecule has 1 heterocycles. The Hall–Kier alpha value is -2.95. The molecule has 0 bridgehead atoms. The van der Waals surface area contributed by atoms with Crippen molar-refractivity contribution in [3.63, 3.8) is 0 Å². The Balaban J connectivity index is 1.53. The number of hydrogen-bond acceptors (Lipinski definition) is 3. The molecule has 1 aliphatic carbocycles. The van der Waals surface area contributed by atoms with Crippen LogP contribution in [0.1, 0.15) is 72.1 Å². The summed E-state index contributed by atoms with van der Waals surface area (Å²) >= 11 is 0. The van der Waals surface area contributed by atoms with Crippen molar-refractivity contribution in [3.8, 4) is 0 Å². The number of hydrogen-bond donors (Lipinski definition) is 1. The van der Waals surface area contributed by atoms with E-state index in [1.165, 1.54) is 23.1 Å². The summed E-state index contributed by atoms with van der Waals surface area (Å²) in [7, 11) is 0. The molecule has 0 spiro atoms. The van der Waals surface area contributed by atoms with Crippen LogP contribution in [-0.2, 0) is 23.2 Å². The monoisotopic (exact) mass is 404 g/mol. The highest BCUT2D eigenvalue weighted by Gasteiger charge is 2.49. The van der Waals surface area contributed by atoms with Gasteiger partial charge in [-0.2, -0.15) is 0 Å². The van der Waals surface area contributed by atoms with E-state index in [-0.39, 0.29) is 12.3 Å². The number of rotatable bonds is 5. The van der Waals surface area contributed by atoms with E-state index in [0.29, 0.717) is 17.0 Å². The molecular formula is C25H28N2O3. The Morgan fingerprint density at radius 2 is 1.70 bits per heavy atom. The molecule has 156 valence electrons. The normalized spacial score (nSPS) is 21.0. The standard InChI is InChI=1S/C25H28N2O3/c1-16(2)17-10-12-21(13-11-17)25(3)23(29)27(24(30)26-25)15-22(28)20-9-8-18-6-4-5-7-19(18)14-20/h8-14,16H,4-7,15H2,1-3H3,(H,26,30)/t25-/m0/s1. The number of nitrogens with zero attached hydrogens (tertiary/aromatic N) is 1. The largest absolute Gasteiger partial charge is 0.325 e. The van der Waals surface area contributed by atoms with Gasteiger partial charge in [-0.25, -0.2) is 4.79 Å². The molecule has 1 fully saturated rings. The summed E-state index contributed by atoms with van der Waals surface area (Å²) in [6.07, 6.45) is 4.33. The Labute approximate surface area is 177 Å². The second kappa shape index (κ2) is 7.71. The number of ketones is 1. The van der Waals surface area contributed by atoms with Crippen molar-refractivity contribution in [1.82, 2.24) is 10.2 Å². The number of amides is 3. The number of benzene rings is 2. The Kier molecular flexibility index (Phi) is 5.22. The lowest BCUT2D eigenvalue weighted by atomic mass is 9.89. The van der Waals surface area contributed by atoms with Gasteiger partial charge >= 0.3 is 6.03 Å². The minimum absolute atomic E-state index is 0.216. The summed E-state index contributed by atoms with van der Waals surface area (Å²) in [6.45, 7) is 5.66. The average molecular weight is 405 g/mol. The lowest BCUT2D eigenvalue weighted by molar-refractivity contribution is -0.130. The molecule has 5 nitrogen and oxygen atoms in total. The van der Waals surface area contributed by atoms with Crippen LogP contribution in [0.2, 0.25) is 0 Å². The zero-order chi connectivity index (χ0) is 21.5. The molecule has 2 aliphatic rings. The lowest BCUT2D eigenvalue weighted by Crippen LogP contribution is -2.41. The van der Waals surface area contributed by atoms with Gasteiger partial charge in [0.1, 0.15) is 5.54 Å². The highest BCUT2D eigenvalue weighted by atomic mass is 16.2. The summed E-state index contributed by atoms with van der Waals surface area (Å²) in [5, 5.41) is 2.79. The molecule has 1 saturated heterocycles. The zero-order valence-electron chi connectivity index (χ0n) is 17.8. The smallest absolute Gasteiger partial charge is 0.319 e. The molecule has 0 saturated carbocycles. The number of carbonyl (C=O) groups excluding carboxylic acids is 3.